The van der Waals surface area contributed by atoms with Gasteiger partial charge in [-0.1, -0.05) is 19.0 Å². The molecule has 0 amide bonds. The normalized spacial score (nSPS) is 26.2. The molecule has 1 saturated heterocycles. The zero-order valence-corrected chi connectivity index (χ0v) is 11.8. The van der Waals surface area contributed by atoms with E-state index < -0.39 is 5.60 Å². The molecule has 2 heterocycles. The van der Waals surface area contributed by atoms with Crippen LogP contribution in [-0.4, -0.2) is 33.6 Å². The molecule has 1 aliphatic heterocycles. The number of aliphatic hydroxyl groups is 1. The van der Waals surface area contributed by atoms with Crippen molar-refractivity contribution in [3.63, 3.8) is 0 Å². The third-order valence-electron chi connectivity index (χ3n) is 3.30. The van der Waals surface area contributed by atoms with E-state index in [9.17, 15) is 5.11 Å². The van der Waals surface area contributed by atoms with Gasteiger partial charge in [-0.25, -0.2) is 0 Å². The minimum atomic E-state index is -0.982. The predicted molar refractivity (Wildman–Crippen MR) is 71.3 cm³/mol. The number of thioether (sulfide) groups is 1. The highest BCUT2D eigenvalue weighted by Gasteiger charge is 2.36. The van der Waals surface area contributed by atoms with E-state index in [0.29, 0.717) is 29.9 Å². The van der Waals surface area contributed by atoms with E-state index in [1.165, 1.54) is 0 Å². The summed E-state index contributed by atoms with van der Waals surface area (Å²) in [6, 6.07) is 0. The van der Waals surface area contributed by atoms with Crippen molar-refractivity contribution in [2.24, 2.45) is 0 Å². The van der Waals surface area contributed by atoms with Gasteiger partial charge < -0.3 is 14.9 Å². The molecule has 0 aromatic carbocycles. The number of piperidine rings is 1. The predicted octanol–water partition coefficient (Wildman–Crippen LogP) is 1.67. The molecule has 0 spiro atoms. The molecule has 1 fully saturated rings. The van der Waals surface area contributed by atoms with Crippen LogP contribution in [-0.2, 0) is 11.4 Å². The van der Waals surface area contributed by atoms with Crippen LogP contribution in [0.4, 0.5) is 0 Å². The van der Waals surface area contributed by atoms with Gasteiger partial charge in [0.05, 0.1) is 5.75 Å². The molecule has 6 heteroatoms. The molecule has 2 N–H and O–H groups in total. The van der Waals surface area contributed by atoms with Crippen molar-refractivity contribution in [3.05, 3.63) is 11.7 Å². The molecule has 2 atom stereocenters. The van der Waals surface area contributed by atoms with Gasteiger partial charge in [-0.3, -0.25) is 0 Å². The molecular formula is C12H21N3O2S. The van der Waals surface area contributed by atoms with Crippen LogP contribution in [0, 0.1) is 0 Å². The van der Waals surface area contributed by atoms with Crippen LogP contribution >= 0.6 is 11.8 Å². The molecule has 1 aromatic rings. The van der Waals surface area contributed by atoms with E-state index in [2.05, 4.69) is 29.3 Å². The first kappa shape index (κ1) is 13.8. The molecule has 0 bridgehead atoms. The smallest absolute Gasteiger partial charge is 0.259 e. The average Bonchev–Trinajstić information content (AvgIpc) is 2.86. The topological polar surface area (TPSA) is 71.2 Å². The molecule has 0 radical (unpaired) electrons. The van der Waals surface area contributed by atoms with Gasteiger partial charge in [0.2, 0.25) is 0 Å². The van der Waals surface area contributed by atoms with E-state index in [1.54, 1.807) is 11.8 Å². The molecule has 102 valence electrons. The number of nitrogens with zero attached hydrogens (tertiary/aromatic N) is 2. The maximum Gasteiger partial charge on any atom is 0.259 e. The van der Waals surface area contributed by atoms with E-state index in [0.717, 1.165) is 25.1 Å². The third-order valence-corrected chi connectivity index (χ3v) is 4.63. The molecule has 2 unspecified atom stereocenters. The number of hydrogen-bond acceptors (Lipinski definition) is 6. The average molecular weight is 271 g/mol. The van der Waals surface area contributed by atoms with Crippen LogP contribution in [0.1, 0.15) is 44.8 Å². The molecule has 5 nitrogen and oxygen atoms in total. The quantitative estimate of drug-likeness (QED) is 0.849. The number of aromatic nitrogens is 2. The summed E-state index contributed by atoms with van der Waals surface area (Å²) < 4.78 is 5.21. The van der Waals surface area contributed by atoms with Crippen molar-refractivity contribution in [1.82, 2.24) is 15.5 Å². The second-order valence-corrected chi connectivity index (χ2v) is 6.28. The summed E-state index contributed by atoms with van der Waals surface area (Å²) in [5, 5.41) is 18.1. The van der Waals surface area contributed by atoms with Gasteiger partial charge >= 0.3 is 0 Å². The van der Waals surface area contributed by atoms with Gasteiger partial charge in [-0.05, 0) is 25.8 Å². The Hall–Kier alpha value is -0.590. The van der Waals surface area contributed by atoms with Gasteiger partial charge in [-0.15, -0.1) is 0 Å². The highest BCUT2D eigenvalue weighted by atomic mass is 32.2. The summed E-state index contributed by atoms with van der Waals surface area (Å²) in [6.07, 6.45) is 2.74. The maximum absolute atomic E-state index is 10.4. The van der Waals surface area contributed by atoms with Crippen molar-refractivity contribution < 1.29 is 9.63 Å². The van der Waals surface area contributed by atoms with E-state index in [1.807, 2.05) is 0 Å². The van der Waals surface area contributed by atoms with Crippen molar-refractivity contribution in [3.8, 4) is 0 Å². The Morgan fingerprint density at radius 1 is 1.61 bits per heavy atom. The van der Waals surface area contributed by atoms with E-state index >= 15 is 0 Å². The lowest BCUT2D eigenvalue weighted by molar-refractivity contribution is -0.0167. The van der Waals surface area contributed by atoms with Crippen LogP contribution in [0.25, 0.3) is 0 Å². The molecule has 0 saturated carbocycles. The minimum Gasteiger partial charge on any atom is -0.379 e. The van der Waals surface area contributed by atoms with Crippen molar-refractivity contribution >= 4 is 11.8 Å². The highest BCUT2D eigenvalue weighted by Crippen LogP contribution is 2.27. The molecule has 2 rings (SSSR count). The summed E-state index contributed by atoms with van der Waals surface area (Å²) in [7, 11) is 0. The Labute approximate surface area is 112 Å². The monoisotopic (exact) mass is 271 g/mol. The van der Waals surface area contributed by atoms with Crippen LogP contribution < -0.4 is 5.32 Å². The first-order valence-corrected chi connectivity index (χ1v) is 7.56. The summed E-state index contributed by atoms with van der Waals surface area (Å²) in [5.74, 6) is 1.77. The van der Waals surface area contributed by atoms with Crippen LogP contribution in [0.3, 0.4) is 0 Å². The fraction of sp³-hybridized carbons (Fsp3) is 0.833. The molecular weight excluding hydrogens is 250 g/mol. The SMILES string of the molecule is CCC(C)SCc1noc(C2(O)CCCNC2)n1. The summed E-state index contributed by atoms with van der Waals surface area (Å²) in [4.78, 5) is 4.32. The second-order valence-electron chi connectivity index (χ2n) is 4.86. The fourth-order valence-corrected chi connectivity index (χ4v) is 2.69. The molecule has 1 aromatic heterocycles. The first-order valence-electron chi connectivity index (χ1n) is 6.52. The first-order chi connectivity index (χ1) is 8.64. The van der Waals surface area contributed by atoms with Gasteiger partial charge in [0, 0.05) is 11.8 Å². The summed E-state index contributed by atoms with van der Waals surface area (Å²) >= 11 is 1.81. The van der Waals surface area contributed by atoms with Gasteiger partial charge in [0.1, 0.15) is 0 Å². The van der Waals surface area contributed by atoms with Crippen LogP contribution in [0.5, 0.6) is 0 Å². The fourth-order valence-electron chi connectivity index (χ4n) is 1.91. The standard InChI is InChI=1S/C12H21N3O2S/c1-3-9(2)18-7-10-14-11(17-15-10)12(16)5-4-6-13-8-12/h9,13,16H,3-8H2,1-2H3. The Balaban J connectivity index is 1.96. The summed E-state index contributed by atoms with van der Waals surface area (Å²) in [6.45, 7) is 5.78. The number of nitrogens with one attached hydrogen (secondary N) is 1. The van der Waals surface area contributed by atoms with Gasteiger partial charge in [0.15, 0.2) is 11.4 Å². The molecule has 18 heavy (non-hydrogen) atoms. The van der Waals surface area contributed by atoms with Crippen LogP contribution in [0.15, 0.2) is 4.52 Å². The second kappa shape index (κ2) is 6.04. The van der Waals surface area contributed by atoms with E-state index in [-0.39, 0.29) is 0 Å². The van der Waals surface area contributed by atoms with Crippen LogP contribution in [0.2, 0.25) is 0 Å². The number of β-amino-alcohol motifs (C(OH)–C–C–N with tert-alkyl or cyclic N) is 1. The van der Waals surface area contributed by atoms with Crippen molar-refractivity contribution in [2.45, 2.75) is 49.7 Å². The Morgan fingerprint density at radius 2 is 2.44 bits per heavy atom. The molecule has 1 aliphatic rings. The zero-order valence-electron chi connectivity index (χ0n) is 11.0. The lowest BCUT2D eigenvalue weighted by atomic mass is 9.94. The lowest BCUT2D eigenvalue weighted by Gasteiger charge is -2.28. The van der Waals surface area contributed by atoms with E-state index in [4.69, 9.17) is 4.52 Å². The highest BCUT2D eigenvalue weighted by molar-refractivity contribution is 7.99. The van der Waals surface area contributed by atoms with Gasteiger partial charge in [0.25, 0.3) is 5.89 Å². The number of rotatable bonds is 5. The Bertz CT molecular complexity index is 377. The maximum atomic E-state index is 10.4. The number of hydrogen-bond donors (Lipinski definition) is 2. The third kappa shape index (κ3) is 3.24. The summed E-state index contributed by atoms with van der Waals surface area (Å²) in [5.41, 5.74) is -0.982. The Kier molecular flexibility index (Phi) is 4.64. The minimum absolute atomic E-state index is 0.356. The Morgan fingerprint density at radius 3 is 3.11 bits per heavy atom. The molecule has 0 aliphatic carbocycles. The largest absolute Gasteiger partial charge is 0.379 e. The van der Waals surface area contributed by atoms with Crippen molar-refractivity contribution in [2.75, 3.05) is 13.1 Å². The lowest BCUT2D eigenvalue weighted by Crippen LogP contribution is -2.43. The van der Waals surface area contributed by atoms with Gasteiger partial charge in [-0.2, -0.15) is 16.7 Å². The van der Waals surface area contributed by atoms with Crippen molar-refractivity contribution in [1.29, 1.82) is 0 Å². The zero-order chi connectivity index (χ0) is 13.0.